The Bertz CT molecular complexity index is 584. The molecule has 0 saturated carbocycles. The second-order valence-corrected chi connectivity index (χ2v) is 7.06. The third kappa shape index (κ3) is 7.09. The summed E-state index contributed by atoms with van der Waals surface area (Å²) in [4.78, 5) is 2.20. The zero-order chi connectivity index (χ0) is 15.3. The lowest BCUT2D eigenvalue weighted by atomic mass is 10.3. The van der Waals surface area contributed by atoms with Gasteiger partial charge in [0.25, 0.3) is 0 Å². The summed E-state index contributed by atoms with van der Waals surface area (Å²) in [5.74, 6) is -0.558. The molecule has 0 spiro atoms. The number of hydrogen-bond donors (Lipinski definition) is 2. The van der Waals surface area contributed by atoms with Crippen LogP contribution in [0.5, 0.6) is 0 Å². The first-order chi connectivity index (χ1) is 9.99. The van der Waals surface area contributed by atoms with Crippen molar-refractivity contribution in [3.05, 3.63) is 29.0 Å². The van der Waals surface area contributed by atoms with Crippen LogP contribution in [-0.2, 0) is 10.0 Å². The molecular formula is C13H21Cl3FN3O2S. The Balaban J connectivity index is 0.00000242. The van der Waals surface area contributed by atoms with E-state index < -0.39 is 15.8 Å². The van der Waals surface area contributed by atoms with Crippen molar-refractivity contribution in [2.45, 2.75) is 11.3 Å². The van der Waals surface area contributed by atoms with E-state index in [-0.39, 0.29) is 34.7 Å². The molecule has 1 aromatic rings. The predicted molar refractivity (Wildman–Crippen MR) is 95.0 cm³/mol. The average Bonchev–Trinajstić information content (AvgIpc) is 2.44. The van der Waals surface area contributed by atoms with Crippen molar-refractivity contribution in [2.24, 2.45) is 0 Å². The SMILES string of the molecule is Cl.Cl.O=S(=O)(NCCCN1CCNCC1)c1ccc(F)cc1Cl. The van der Waals surface area contributed by atoms with Gasteiger partial charge in [-0.05, 0) is 31.2 Å². The van der Waals surface area contributed by atoms with E-state index in [2.05, 4.69) is 14.9 Å². The summed E-state index contributed by atoms with van der Waals surface area (Å²) in [6.07, 6.45) is 0.720. The van der Waals surface area contributed by atoms with Gasteiger partial charge in [0.1, 0.15) is 10.7 Å². The highest BCUT2D eigenvalue weighted by Gasteiger charge is 2.18. The first-order valence-corrected chi connectivity index (χ1v) is 8.73. The molecular weight excluding hydrogens is 388 g/mol. The molecule has 2 rings (SSSR count). The summed E-state index contributed by atoms with van der Waals surface area (Å²) >= 11 is 5.77. The molecule has 0 aliphatic carbocycles. The molecule has 0 atom stereocenters. The van der Waals surface area contributed by atoms with Gasteiger partial charge in [0.05, 0.1) is 5.02 Å². The van der Waals surface area contributed by atoms with Crippen molar-refractivity contribution >= 4 is 46.4 Å². The van der Waals surface area contributed by atoms with Crippen LogP contribution < -0.4 is 10.0 Å². The van der Waals surface area contributed by atoms with Gasteiger partial charge >= 0.3 is 0 Å². The molecule has 2 N–H and O–H groups in total. The summed E-state index contributed by atoms with van der Waals surface area (Å²) in [5.41, 5.74) is 0. The number of benzene rings is 1. The molecule has 0 amide bonds. The molecule has 0 aromatic heterocycles. The maximum atomic E-state index is 12.9. The van der Waals surface area contributed by atoms with E-state index in [4.69, 9.17) is 11.6 Å². The summed E-state index contributed by atoms with van der Waals surface area (Å²) < 4.78 is 39.6. The van der Waals surface area contributed by atoms with Gasteiger partial charge in [0.2, 0.25) is 10.0 Å². The van der Waals surface area contributed by atoms with Gasteiger partial charge in [-0.25, -0.2) is 17.5 Å². The van der Waals surface area contributed by atoms with Crippen molar-refractivity contribution in [1.29, 1.82) is 0 Å². The number of halogens is 4. The van der Waals surface area contributed by atoms with Gasteiger partial charge in [-0.2, -0.15) is 0 Å². The zero-order valence-corrected chi connectivity index (χ0v) is 15.6. The van der Waals surface area contributed by atoms with Gasteiger partial charge in [0, 0.05) is 32.7 Å². The highest BCUT2D eigenvalue weighted by Crippen LogP contribution is 2.21. The second kappa shape index (κ2) is 10.7. The number of hydrogen-bond acceptors (Lipinski definition) is 4. The fourth-order valence-electron chi connectivity index (χ4n) is 2.21. The molecule has 10 heteroatoms. The lowest BCUT2D eigenvalue weighted by Gasteiger charge is -2.27. The Morgan fingerprint density at radius 3 is 2.52 bits per heavy atom. The van der Waals surface area contributed by atoms with E-state index in [0.29, 0.717) is 6.54 Å². The fourth-order valence-corrected chi connectivity index (χ4v) is 3.82. The van der Waals surface area contributed by atoms with Crippen LogP contribution in [-0.4, -0.2) is 52.6 Å². The topological polar surface area (TPSA) is 61.4 Å². The Hall–Kier alpha value is -0.150. The highest BCUT2D eigenvalue weighted by atomic mass is 35.5. The maximum absolute atomic E-state index is 12.9. The molecule has 1 saturated heterocycles. The summed E-state index contributed by atoms with van der Waals surface area (Å²) in [6.45, 7) is 5.09. The van der Waals surface area contributed by atoms with E-state index >= 15 is 0 Å². The Morgan fingerprint density at radius 1 is 1.26 bits per heavy atom. The number of piperazine rings is 1. The quantitative estimate of drug-likeness (QED) is 0.706. The van der Waals surface area contributed by atoms with Gasteiger partial charge in [-0.3, -0.25) is 0 Å². The van der Waals surface area contributed by atoms with Crippen molar-refractivity contribution in [1.82, 2.24) is 14.9 Å². The average molecular weight is 409 g/mol. The van der Waals surface area contributed by atoms with Crippen LogP contribution in [0.3, 0.4) is 0 Å². The van der Waals surface area contributed by atoms with E-state index in [1.807, 2.05) is 0 Å². The van der Waals surface area contributed by atoms with Crippen LogP contribution in [0.4, 0.5) is 4.39 Å². The van der Waals surface area contributed by atoms with Gasteiger partial charge in [-0.15, -0.1) is 24.8 Å². The standard InChI is InChI=1S/C13H19ClFN3O2S.2ClH/c14-12-10-11(15)2-3-13(12)21(19,20)17-4-1-7-18-8-5-16-6-9-18;;/h2-3,10,16-17H,1,4-9H2;2*1H. The van der Waals surface area contributed by atoms with Gasteiger partial charge in [0.15, 0.2) is 0 Å². The minimum Gasteiger partial charge on any atom is -0.314 e. The van der Waals surface area contributed by atoms with E-state index in [1.165, 1.54) is 6.07 Å². The molecule has 1 aliphatic rings. The van der Waals surface area contributed by atoms with Crippen molar-refractivity contribution < 1.29 is 12.8 Å². The highest BCUT2D eigenvalue weighted by molar-refractivity contribution is 7.89. The Labute approximate surface area is 153 Å². The molecule has 134 valence electrons. The van der Waals surface area contributed by atoms with Crippen LogP contribution in [0.2, 0.25) is 5.02 Å². The molecule has 5 nitrogen and oxygen atoms in total. The van der Waals surface area contributed by atoms with E-state index in [1.54, 1.807) is 0 Å². The molecule has 0 unspecified atom stereocenters. The largest absolute Gasteiger partial charge is 0.314 e. The molecule has 1 aliphatic heterocycles. The van der Waals surface area contributed by atoms with Crippen molar-refractivity contribution in [3.8, 4) is 0 Å². The summed E-state index contributed by atoms with van der Waals surface area (Å²) in [6, 6.07) is 3.26. The van der Waals surface area contributed by atoms with Crippen LogP contribution in [0.1, 0.15) is 6.42 Å². The number of nitrogens with one attached hydrogen (secondary N) is 2. The monoisotopic (exact) mass is 407 g/mol. The number of nitrogens with zero attached hydrogens (tertiary/aromatic N) is 1. The molecule has 0 radical (unpaired) electrons. The fraction of sp³-hybridized carbons (Fsp3) is 0.538. The third-order valence-corrected chi connectivity index (χ3v) is 5.28. The van der Waals surface area contributed by atoms with E-state index in [9.17, 15) is 12.8 Å². The maximum Gasteiger partial charge on any atom is 0.242 e. The normalized spacial score (nSPS) is 15.6. The lowest BCUT2D eigenvalue weighted by molar-refractivity contribution is 0.239. The second-order valence-electron chi connectivity index (χ2n) is 4.92. The number of sulfonamides is 1. The smallest absolute Gasteiger partial charge is 0.242 e. The van der Waals surface area contributed by atoms with E-state index in [0.717, 1.165) is 51.3 Å². The Kier molecular flexibility index (Phi) is 10.6. The predicted octanol–water partition coefficient (Wildman–Crippen LogP) is 1.90. The number of rotatable bonds is 6. The van der Waals surface area contributed by atoms with Gasteiger partial charge in [-0.1, -0.05) is 11.6 Å². The first-order valence-electron chi connectivity index (χ1n) is 6.87. The molecule has 23 heavy (non-hydrogen) atoms. The van der Waals surface area contributed by atoms with Crippen LogP contribution in [0, 0.1) is 5.82 Å². The third-order valence-electron chi connectivity index (χ3n) is 3.34. The van der Waals surface area contributed by atoms with Crippen molar-refractivity contribution in [3.63, 3.8) is 0 Å². The molecule has 1 heterocycles. The summed E-state index contributed by atoms with van der Waals surface area (Å²) in [5, 5.41) is 3.16. The minimum atomic E-state index is -3.69. The molecule has 1 fully saturated rings. The zero-order valence-electron chi connectivity index (χ0n) is 12.4. The van der Waals surface area contributed by atoms with Gasteiger partial charge < -0.3 is 10.2 Å². The first kappa shape index (κ1) is 22.9. The minimum absolute atomic E-state index is 0. The van der Waals surface area contributed by atoms with Crippen molar-refractivity contribution in [2.75, 3.05) is 39.3 Å². The molecule has 0 bridgehead atoms. The summed E-state index contributed by atoms with van der Waals surface area (Å²) in [7, 11) is -3.69. The van der Waals surface area contributed by atoms with Crippen LogP contribution >= 0.6 is 36.4 Å². The Morgan fingerprint density at radius 2 is 1.91 bits per heavy atom. The molecule has 1 aromatic carbocycles. The van der Waals surface area contributed by atoms with Crippen LogP contribution in [0.25, 0.3) is 0 Å². The van der Waals surface area contributed by atoms with Crippen LogP contribution in [0.15, 0.2) is 23.1 Å². The lowest BCUT2D eigenvalue weighted by Crippen LogP contribution is -2.44.